The number of quaternary nitrogens is 2. The van der Waals surface area contributed by atoms with E-state index in [4.69, 9.17) is 14.2 Å². The van der Waals surface area contributed by atoms with Gasteiger partial charge in [0.1, 0.15) is 12.3 Å². The molecule has 0 aliphatic carbocycles. The van der Waals surface area contributed by atoms with Crippen molar-refractivity contribution in [1.29, 1.82) is 0 Å². The van der Waals surface area contributed by atoms with Gasteiger partial charge in [0.15, 0.2) is 11.5 Å². The minimum Gasteiger partial charge on any atom is -0.496 e. The molecule has 0 radical (unpaired) electrons. The molecule has 2 heterocycles. The third-order valence-electron chi connectivity index (χ3n) is 6.41. The number of ether oxygens (including phenoxy) is 3. The Bertz CT molecular complexity index is 577. The maximum atomic E-state index is 5.60. The average molecular weight is 365 g/mol. The lowest BCUT2D eigenvalue weighted by atomic mass is 9.95. The summed E-state index contributed by atoms with van der Waals surface area (Å²) in [5.41, 5.74) is 1.21. The number of piperidine rings is 2. The summed E-state index contributed by atoms with van der Waals surface area (Å²) >= 11 is 0. The van der Waals surface area contributed by atoms with Crippen molar-refractivity contribution in [3.05, 3.63) is 17.7 Å². The molecule has 26 heavy (non-hydrogen) atoms. The average Bonchev–Trinajstić information content (AvgIpc) is 2.69. The summed E-state index contributed by atoms with van der Waals surface area (Å²) in [7, 11) is 5.08. The van der Waals surface area contributed by atoms with Gasteiger partial charge in [0.25, 0.3) is 0 Å². The van der Waals surface area contributed by atoms with Gasteiger partial charge in [-0.05, 0) is 24.8 Å². The first-order chi connectivity index (χ1) is 12.6. The number of rotatable bonds is 6. The van der Waals surface area contributed by atoms with E-state index in [0.29, 0.717) is 0 Å². The molecule has 1 aromatic carbocycles. The van der Waals surface area contributed by atoms with Crippen LogP contribution in [0.3, 0.4) is 0 Å². The highest BCUT2D eigenvalue weighted by atomic mass is 16.5. The van der Waals surface area contributed by atoms with Crippen molar-refractivity contribution >= 4 is 0 Å². The molecule has 0 atom stereocenters. The van der Waals surface area contributed by atoms with Crippen molar-refractivity contribution in [3.8, 4) is 17.2 Å². The predicted molar refractivity (Wildman–Crippen MR) is 103 cm³/mol. The van der Waals surface area contributed by atoms with E-state index in [1.54, 1.807) is 26.2 Å². The van der Waals surface area contributed by atoms with Gasteiger partial charge in [-0.25, -0.2) is 0 Å². The lowest BCUT2D eigenvalue weighted by molar-refractivity contribution is -0.966. The fourth-order valence-electron chi connectivity index (χ4n) is 4.65. The Kier molecular flexibility index (Phi) is 6.65. The number of hydrogen-bond donors (Lipinski definition) is 2. The number of likely N-dealkylation sites (tertiary alicyclic amines) is 2. The van der Waals surface area contributed by atoms with E-state index in [2.05, 4.69) is 13.0 Å². The normalized spacial score (nSPS) is 29.2. The molecule has 0 saturated carbocycles. The quantitative estimate of drug-likeness (QED) is 0.775. The fourth-order valence-corrected chi connectivity index (χ4v) is 4.65. The third-order valence-corrected chi connectivity index (χ3v) is 6.41. The number of hydrogen-bond acceptors (Lipinski definition) is 3. The predicted octanol–water partition coefficient (Wildman–Crippen LogP) is 0.575. The SMILES string of the molecule is COc1cc(OC)c(OC)cc1C[NH+]1CCC([NH+]2CCC(C)CC2)CC1. The molecule has 2 N–H and O–H groups in total. The highest BCUT2D eigenvalue weighted by molar-refractivity contribution is 5.50. The molecular formula is C21H36N2O3+2. The third kappa shape index (κ3) is 4.44. The van der Waals surface area contributed by atoms with E-state index >= 15 is 0 Å². The zero-order chi connectivity index (χ0) is 18.5. The number of nitrogens with one attached hydrogen (secondary N) is 2. The molecule has 2 aliphatic heterocycles. The summed E-state index contributed by atoms with van der Waals surface area (Å²) in [5, 5.41) is 0. The van der Waals surface area contributed by atoms with Crippen molar-refractivity contribution in [1.82, 2.24) is 0 Å². The molecule has 5 nitrogen and oxygen atoms in total. The van der Waals surface area contributed by atoms with Crippen LogP contribution in [0.15, 0.2) is 12.1 Å². The summed E-state index contributed by atoms with van der Waals surface area (Å²) in [6.07, 6.45) is 5.50. The summed E-state index contributed by atoms with van der Waals surface area (Å²) in [6, 6.07) is 4.89. The first-order valence-electron chi connectivity index (χ1n) is 10.1. The van der Waals surface area contributed by atoms with Crippen molar-refractivity contribution in [2.45, 2.75) is 45.2 Å². The summed E-state index contributed by atoms with van der Waals surface area (Å²) in [5.74, 6) is 3.34. The smallest absolute Gasteiger partial charge is 0.164 e. The van der Waals surface area contributed by atoms with Crippen LogP contribution in [0, 0.1) is 5.92 Å². The molecule has 2 saturated heterocycles. The van der Waals surface area contributed by atoms with Gasteiger partial charge in [-0.15, -0.1) is 0 Å². The maximum Gasteiger partial charge on any atom is 0.164 e. The zero-order valence-corrected chi connectivity index (χ0v) is 16.9. The van der Waals surface area contributed by atoms with Crippen LogP contribution in [0.1, 0.15) is 38.2 Å². The van der Waals surface area contributed by atoms with Gasteiger partial charge in [-0.2, -0.15) is 0 Å². The first-order valence-corrected chi connectivity index (χ1v) is 10.1. The van der Waals surface area contributed by atoms with E-state index in [-0.39, 0.29) is 0 Å². The molecule has 146 valence electrons. The van der Waals surface area contributed by atoms with Crippen LogP contribution in [0.5, 0.6) is 17.2 Å². The van der Waals surface area contributed by atoms with Gasteiger partial charge in [-0.3, -0.25) is 0 Å². The molecule has 0 amide bonds. The van der Waals surface area contributed by atoms with Crippen molar-refractivity contribution in [2.24, 2.45) is 5.92 Å². The number of methoxy groups -OCH3 is 3. The molecular weight excluding hydrogens is 328 g/mol. The van der Waals surface area contributed by atoms with Gasteiger partial charge in [0, 0.05) is 18.9 Å². The summed E-state index contributed by atoms with van der Waals surface area (Å²) in [6.45, 7) is 8.65. The highest BCUT2D eigenvalue weighted by Crippen LogP contribution is 2.34. The molecule has 1 aromatic rings. The zero-order valence-electron chi connectivity index (χ0n) is 16.9. The minimum atomic E-state index is 0.727. The Labute approximate surface area is 158 Å². The molecule has 0 spiro atoms. The molecule has 3 rings (SSSR count). The standard InChI is InChI=1S/C21H34N2O3/c1-16-5-11-23(12-6-16)18-7-9-22(10-8-18)15-17-13-20(25-3)21(26-4)14-19(17)24-2/h13-14,16,18H,5-12,15H2,1-4H3/p+2. The van der Waals surface area contributed by atoms with Crippen LogP contribution in [-0.2, 0) is 6.54 Å². The van der Waals surface area contributed by atoms with E-state index in [9.17, 15) is 0 Å². The van der Waals surface area contributed by atoms with E-state index in [1.165, 1.54) is 57.4 Å². The topological polar surface area (TPSA) is 36.6 Å². The largest absolute Gasteiger partial charge is 0.496 e. The summed E-state index contributed by atoms with van der Waals surface area (Å²) < 4.78 is 16.5. The molecule has 2 aliphatic rings. The maximum absolute atomic E-state index is 5.60. The fraction of sp³-hybridized carbons (Fsp3) is 0.714. The lowest BCUT2D eigenvalue weighted by Gasteiger charge is -2.37. The molecule has 0 unspecified atom stereocenters. The minimum absolute atomic E-state index is 0.727. The lowest BCUT2D eigenvalue weighted by Crippen LogP contribution is -3.20. The molecule has 2 fully saturated rings. The summed E-state index contributed by atoms with van der Waals surface area (Å²) in [4.78, 5) is 3.52. The Morgan fingerprint density at radius 2 is 1.38 bits per heavy atom. The molecule has 5 heteroatoms. The first kappa shape index (κ1) is 19.3. The van der Waals surface area contributed by atoms with Gasteiger partial charge < -0.3 is 24.0 Å². The Hall–Kier alpha value is -1.46. The van der Waals surface area contributed by atoms with E-state index in [1.807, 2.05) is 11.0 Å². The Morgan fingerprint density at radius 1 is 0.808 bits per heavy atom. The van der Waals surface area contributed by atoms with Gasteiger partial charge in [-0.1, -0.05) is 6.92 Å². The van der Waals surface area contributed by atoms with Crippen LogP contribution >= 0.6 is 0 Å². The van der Waals surface area contributed by atoms with Gasteiger partial charge >= 0.3 is 0 Å². The van der Waals surface area contributed by atoms with Crippen LogP contribution in [0.25, 0.3) is 0 Å². The molecule has 0 bridgehead atoms. The van der Waals surface area contributed by atoms with Crippen LogP contribution in [0.2, 0.25) is 0 Å². The van der Waals surface area contributed by atoms with Gasteiger partial charge in [0.2, 0.25) is 0 Å². The van der Waals surface area contributed by atoms with E-state index < -0.39 is 0 Å². The van der Waals surface area contributed by atoms with Crippen LogP contribution in [0.4, 0.5) is 0 Å². The Balaban J connectivity index is 1.59. The van der Waals surface area contributed by atoms with Crippen molar-refractivity contribution in [3.63, 3.8) is 0 Å². The molecule has 0 aromatic heterocycles. The second kappa shape index (κ2) is 8.96. The monoisotopic (exact) mass is 364 g/mol. The van der Waals surface area contributed by atoms with Crippen molar-refractivity contribution < 1.29 is 24.0 Å². The highest BCUT2D eigenvalue weighted by Gasteiger charge is 2.32. The number of benzene rings is 1. The Morgan fingerprint density at radius 3 is 1.96 bits per heavy atom. The van der Waals surface area contributed by atoms with Crippen LogP contribution in [-0.4, -0.2) is 53.6 Å². The van der Waals surface area contributed by atoms with Gasteiger partial charge in [0.05, 0.1) is 59.1 Å². The second-order valence-corrected chi connectivity index (χ2v) is 8.06. The second-order valence-electron chi connectivity index (χ2n) is 8.06. The van der Waals surface area contributed by atoms with Crippen molar-refractivity contribution in [2.75, 3.05) is 47.5 Å². The van der Waals surface area contributed by atoms with E-state index in [0.717, 1.165) is 35.8 Å². The van der Waals surface area contributed by atoms with Crippen LogP contribution < -0.4 is 24.0 Å².